The van der Waals surface area contributed by atoms with Crippen molar-refractivity contribution in [2.45, 2.75) is 39.2 Å². The Morgan fingerprint density at radius 2 is 2.25 bits per heavy atom. The number of phenolic OH excluding ortho intramolecular Hbond substituents is 1. The van der Waals surface area contributed by atoms with E-state index in [4.69, 9.17) is 4.74 Å². The summed E-state index contributed by atoms with van der Waals surface area (Å²) in [6, 6.07) is 1.46. The Balaban J connectivity index is 2.60. The molecular formula is C15H18O5. The molecule has 108 valence electrons. The van der Waals surface area contributed by atoms with Gasteiger partial charge in [0.2, 0.25) is 0 Å². The number of hydrogen-bond donors (Lipinski definition) is 1. The van der Waals surface area contributed by atoms with Crippen molar-refractivity contribution in [2.24, 2.45) is 0 Å². The topological polar surface area (TPSA) is 72.8 Å². The summed E-state index contributed by atoms with van der Waals surface area (Å²) in [6.07, 6.45) is 0.537. The van der Waals surface area contributed by atoms with Crippen molar-refractivity contribution in [1.29, 1.82) is 0 Å². The number of fused-ring (bicyclic) bond motifs is 1. The SMILES string of the molecule is CCc1c(O)cc(CC(=O)OC)c2c1OC(C)CC2=O. The van der Waals surface area contributed by atoms with Gasteiger partial charge in [-0.2, -0.15) is 0 Å². The maximum absolute atomic E-state index is 12.3. The van der Waals surface area contributed by atoms with Gasteiger partial charge in [-0.1, -0.05) is 6.92 Å². The largest absolute Gasteiger partial charge is 0.508 e. The highest BCUT2D eigenvalue weighted by Gasteiger charge is 2.30. The van der Waals surface area contributed by atoms with Crippen LogP contribution in [0.25, 0.3) is 0 Å². The maximum Gasteiger partial charge on any atom is 0.310 e. The third-order valence-corrected chi connectivity index (χ3v) is 3.43. The molecule has 0 aliphatic carbocycles. The van der Waals surface area contributed by atoms with E-state index >= 15 is 0 Å². The van der Waals surface area contributed by atoms with Gasteiger partial charge in [0.1, 0.15) is 17.6 Å². The van der Waals surface area contributed by atoms with Crippen LogP contribution in [0.1, 0.15) is 41.8 Å². The van der Waals surface area contributed by atoms with Gasteiger partial charge in [-0.25, -0.2) is 0 Å². The first kappa shape index (κ1) is 14.4. The number of hydrogen-bond acceptors (Lipinski definition) is 5. The Morgan fingerprint density at radius 3 is 2.85 bits per heavy atom. The number of aromatic hydroxyl groups is 1. The fourth-order valence-corrected chi connectivity index (χ4v) is 2.49. The summed E-state index contributed by atoms with van der Waals surface area (Å²) in [5.41, 5.74) is 1.47. The summed E-state index contributed by atoms with van der Waals surface area (Å²) in [7, 11) is 1.29. The maximum atomic E-state index is 12.3. The molecule has 0 radical (unpaired) electrons. The molecule has 0 aromatic heterocycles. The van der Waals surface area contributed by atoms with E-state index in [1.807, 2.05) is 13.8 Å². The average molecular weight is 278 g/mol. The highest BCUT2D eigenvalue weighted by atomic mass is 16.5. The quantitative estimate of drug-likeness (QED) is 0.856. The summed E-state index contributed by atoms with van der Waals surface area (Å²) in [4.78, 5) is 23.7. The number of carbonyl (C=O) groups is 2. The number of ether oxygens (including phenoxy) is 2. The van der Waals surface area contributed by atoms with E-state index in [1.54, 1.807) is 0 Å². The zero-order valence-corrected chi connectivity index (χ0v) is 11.9. The number of Topliss-reactive ketones (excluding diaryl/α,β-unsaturated/α-hetero) is 1. The van der Waals surface area contributed by atoms with Gasteiger partial charge < -0.3 is 14.6 Å². The molecule has 0 saturated carbocycles. The third-order valence-electron chi connectivity index (χ3n) is 3.43. The van der Waals surface area contributed by atoms with Crippen molar-refractivity contribution < 1.29 is 24.2 Å². The minimum absolute atomic E-state index is 0.0482. The molecule has 0 bridgehead atoms. The lowest BCUT2D eigenvalue weighted by Crippen LogP contribution is -2.26. The summed E-state index contributed by atoms with van der Waals surface area (Å²) in [5, 5.41) is 10.1. The Morgan fingerprint density at radius 1 is 1.55 bits per heavy atom. The van der Waals surface area contributed by atoms with Gasteiger partial charge in [-0.15, -0.1) is 0 Å². The van der Waals surface area contributed by atoms with Crippen LogP contribution in [0.5, 0.6) is 11.5 Å². The Labute approximate surface area is 117 Å². The van der Waals surface area contributed by atoms with Crippen LogP contribution in [0.2, 0.25) is 0 Å². The van der Waals surface area contributed by atoms with Gasteiger partial charge in [-0.05, 0) is 25.0 Å². The summed E-state index contributed by atoms with van der Waals surface area (Å²) < 4.78 is 10.4. The molecule has 0 amide bonds. The molecule has 1 aliphatic heterocycles. The van der Waals surface area contributed by atoms with E-state index in [1.165, 1.54) is 13.2 Å². The molecule has 1 unspecified atom stereocenters. The smallest absolute Gasteiger partial charge is 0.310 e. The van der Waals surface area contributed by atoms with Gasteiger partial charge >= 0.3 is 5.97 Å². The molecule has 1 aromatic carbocycles. The Hall–Kier alpha value is -2.04. The molecule has 5 nitrogen and oxygen atoms in total. The number of benzene rings is 1. The predicted octanol–water partition coefficient (Wildman–Crippen LogP) is 2.02. The van der Waals surface area contributed by atoms with Crippen molar-refractivity contribution >= 4 is 11.8 Å². The van der Waals surface area contributed by atoms with Gasteiger partial charge in [0.25, 0.3) is 0 Å². The summed E-state index contributed by atoms with van der Waals surface area (Å²) in [5.74, 6) is -0.0585. The normalized spacial score (nSPS) is 17.4. The van der Waals surface area contributed by atoms with E-state index in [2.05, 4.69) is 4.74 Å². The molecule has 1 atom stereocenters. The first-order chi connectivity index (χ1) is 9.47. The fourth-order valence-electron chi connectivity index (χ4n) is 2.49. The fraction of sp³-hybridized carbons (Fsp3) is 0.467. The van der Waals surface area contributed by atoms with Crippen molar-refractivity contribution in [3.63, 3.8) is 0 Å². The van der Waals surface area contributed by atoms with Crippen LogP contribution in [-0.2, 0) is 22.4 Å². The van der Waals surface area contributed by atoms with Crippen molar-refractivity contribution in [3.8, 4) is 11.5 Å². The standard InChI is InChI=1S/C15H18O5/c1-4-10-11(16)6-9(7-13(18)19-3)14-12(17)5-8(2)20-15(10)14/h6,8,16H,4-5,7H2,1-3H3. The lowest BCUT2D eigenvalue weighted by atomic mass is 9.90. The number of rotatable bonds is 3. The third kappa shape index (κ3) is 2.48. The van der Waals surface area contributed by atoms with Crippen LogP contribution in [0.3, 0.4) is 0 Å². The Kier molecular flexibility index (Phi) is 3.97. The van der Waals surface area contributed by atoms with Crippen molar-refractivity contribution in [2.75, 3.05) is 7.11 Å². The van der Waals surface area contributed by atoms with Crippen LogP contribution in [0.15, 0.2) is 6.07 Å². The molecule has 1 aliphatic rings. The summed E-state index contributed by atoms with van der Waals surface area (Å²) >= 11 is 0. The second-order valence-electron chi connectivity index (χ2n) is 4.90. The minimum Gasteiger partial charge on any atom is -0.508 e. The monoisotopic (exact) mass is 278 g/mol. The molecule has 1 aromatic rings. The lowest BCUT2D eigenvalue weighted by molar-refractivity contribution is -0.139. The average Bonchev–Trinajstić information content (AvgIpc) is 2.37. The molecule has 1 heterocycles. The zero-order valence-electron chi connectivity index (χ0n) is 11.9. The molecule has 1 N–H and O–H groups in total. The molecule has 0 spiro atoms. The van der Waals surface area contributed by atoms with Crippen molar-refractivity contribution in [3.05, 3.63) is 22.8 Å². The van der Waals surface area contributed by atoms with Crippen LogP contribution >= 0.6 is 0 Å². The number of esters is 1. The Bertz CT molecular complexity index is 562. The van der Waals surface area contributed by atoms with Gasteiger partial charge in [-0.3, -0.25) is 9.59 Å². The highest BCUT2D eigenvalue weighted by Crippen LogP contribution is 2.39. The number of methoxy groups -OCH3 is 1. The number of phenols is 1. The molecular weight excluding hydrogens is 260 g/mol. The van der Waals surface area contributed by atoms with E-state index in [9.17, 15) is 14.7 Å². The number of ketones is 1. The predicted molar refractivity (Wildman–Crippen MR) is 72.2 cm³/mol. The van der Waals surface area contributed by atoms with Gasteiger partial charge in [0.15, 0.2) is 5.78 Å². The minimum atomic E-state index is -0.456. The lowest BCUT2D eigenvalue weighted by Gasteiger charge is -2.27. The van der Waals surface area contributed by atoms with Gasteiger partial charge in [0.05, 0.1) is 19.1 Å². The van der Waals surface area contributed by atoms with Crippen LogP contribution in [0, 0.1) is 0 Å². The molecule has 5 heteroatoms. The van der Waals surface area contributed by atoms with Crippen LogP contribution < -0.4 is 4.74 Å². The second-order valence-corrected chi connectivity index (χ2v) is 4.90. The van der Waals surface area contributed by atoms with Crippen LogP contribution in [0.4, 0.5) is 0 Å². The molecule has 2 rings (SSSR count). The number of carbonyl (C=O) groups excluding carboxylic acids is 2. The van der Waals surface area contributed by atoms with E-state index < -0.39 is 5.97 Å². The first-order valence-electron chi connectivity index (χ1n) is 6.62. The molecule has 20 heavy (non-hydrogen) atoms. The van der Waals surface area contributed by atoms with E-state index in [0.29, 0.717) is 28.9 Å². The highest BCUT2D eigenvalue weighted by molar-refractivity contribution is 6.03. The zero-order chi connectivity index (χ0) is 14.9. The van der Waals surface area contributed by atoms with Crippen molar-refractivity contribution in [1.82, 2.24) is 0 Å². The van der Waals surface area contributed by atoms with E-state index in [-0.39, 0.29) is 30.5 Å². The molecule has 0 saturated heterocycles. The molecule has 0 fully saturated rings. The second kappa shape index (κ2) is 5.53. The first-order valence-corrected chi connectivity index (χ1v) is 6.62. The van der Waals surface area contributed by atoms with E-state index in [0.717, 1.165) is 0 Å². The summed E-state index contributed by atoms with van der Waals surface area (Å²) in [6.45, 7) is 3.69. The van der Waals surface area contributed by atoms with Crippen LogP contribution in [-0.4, -0.2) is 30.1 Å². The van der Waals surface area contributed by atoms with Gasteiger partial charge in [0, 0.05) is 12.0 Å².